The fourth-order valence-corrected chi connectivity index (χ4v) is 4.68. The second-order valence-corrected chi connectivity index (χ2v) is 9.33. The van der Waals surface area contributed by atoms with E-state index >= 15 is 0 Å². The molecule has 0 saturated carbocycles. The quantitative estimate of drug-likeness (QED) is 0.638. The average Bonchev–Trinajstić information content (AvgIpc) is 2.74. The molecule has 1 aliphatic carbocycles. The normalized spacial score (nSPS) is 15.1. The maximum absolute atomic E-state index is 12.7. The van der Waals surface area contributed by atoms with E-state index < -0.39 is 16.1 Å². The summed E-state index contributed by atoms with van der Waals surface area (Å²) in [7, 11) is -3.66. The molecule has 3 rings (SSSR count). The fourth-order valence-electron chi connectivity index (χ4n) is 3.51. The van der Waals surface area contributed by atoms with Crippen molar-refractivity contribution in [3.05, 3.63) is 66.2 Å². The molecule has 0 radical (unpaired) electrons. The molecule has 1 aliphatic rings. The molecule has 0 bridgehead atoms. The number of sulfonamides is 1. The first-order chi connectivity index (χ1) is 14.3. The Balaban J connectivity index is 1.71. The smallest absolute Gasteiger partial charge is 0.243 e. The van der Waals surface area contributed by atoms with Crippen LogP contribution in [0.1, 0.15) is 32.6 Å². The van der Waals surface area contributed by atoms with Crippen LogP contribution in [0.5, 0.6) is 11.5 Å². The average molecular weight is 429 g/mol. The molecule has 1 amide bonds. The van der Waals surface area contributed by atoms with E-state index in [4.69, 9.17) is 4.74 Å². The first-order valence-electron chi connectivity index (χ1n) is 10.1. The zero-order valence-electron chi connectivity index (χ0n) is 17.4. The molecule has 0 aromatic heterocycles. The maximum Gasteiger partial charge on any atom is 0.243 e. The van der Waals surface area contributed by atoms with Gasteiger partial charge in [-0.2, -0.15) is 0 Å². The van der Waals surface area contributed by atoms with E-state index in [-0.39, 0.29) is 5.91 Å². The fraction of sp³-hybridized carbons (Fsp3) is 0.348. The van der Waals surface area contributed by atoms with Gasteiger partial charge in [-0.05, 0) is 69.0 Å². The Morgan fingerprint density at radius 2 is 1.73 bits per heavy atom. The molecule has 0 spiro atoms. The largest absolute Gasteiger partial charge is 0.457 e. The van der Waals surface area contributed by atoms with E-state index in [1.165, 1.54) is 12.0 Å². The van der Waals surface area contributed by atoms with Crippen LogP contribution in [0, 0.1) is 0 Å². The van der Waals surface area contributed by atoms with Crippen LogP contribution in [0.2, 0.25) is 0 Å². The van der Waals surface area contributed by atoms with Gasteiger partial charge < -0.3 is 10.1 Å². The Morgan fingerprint density at radius 1 is 1.07 bits per heavy atom. The highest BCUT2D eigenvalue weighted by atomic mass is 32.2. The minimum atomic E-state index is -3.66. The number of anilines is 1. The van der Waals surface area contributed by atoms with Gasteiger partial charge in [0.1, 0.15) is 17.5 Å². The van der Waals surface area contributed by atoms with Crippen LogP contribution in [0.3, 0.4) is 0 Å². The summed E-state index contributed by atoms with van der Waals surface area (Å²) >= 11 is 0. The van der Waals surface area contributed by atoms with E-state index in [1.807, 2.05) is 30.3 Å². The third-order valence-corrected chi connectivity index (χ3v) is 6.27. The lowest BCUT2D eigenvalue weighted by atomic mass is 10.00. The second kappa shape index (κ2) is 9.80. The van der Waals surface area contributed by atoms with Crippen molar-refractivity contribution in [1.82, 2.24) is 5.32 Å². The monoisotopic (exact) mass is 428 g/mol. The number of carbonyl (C=O) groups excluding carboxylic acids is 1. The maximum atomic E-state index is 12.7. The summed E-state index contributed by atoms with van der Waals surface area (Å²) in [6.07, 6.45) is 7.59. The molecule has 0 heterocycles. The Kier molecular flexibility index (Phi) is 7.15. The van der Waals surface area contributed by atoms with Crippen LogP contribution in [0.25, 0.3) is 0 Å². The van der Waals surface area contributed by atoms with Gasteiger partial charge in [-0.25, -0.2) is 8.42 Å². The van der Waals surface area contributed by atoms with Crippen molar-refractivity contribution in [3.63, 3.8) is 0 Å². The highest BCUT2D eigenvalue weighted by Crippen LogP contribution is 2.27. The van der Waals surface area contributed by atoms with E-state index in [2.05, 4.69) is 11.4 Å². The molecule has 0 aliphatic heterocycles. The number of hydrogen-bond acceptors (Lipinski definition) is 4. The predicted octanol–water partition coefficient (Wildman–Crippen LogP) is 4.25. The van der Waals surface area contributed by atoms with E-state index in [0.717, 1.165) is 29.8 Å². The van der Waals surface area contributed by atoms with Crippen molar-refractivity contribution in [2.24, 2.45) is 0 Å². The number of rotatable bonds is 8. The minimum absolute atomic E-state index is 0.323. The van der Waals surface area contributed by atoms with Crippen LogP contribution >= 0.6 is 0 Å². The Hall–Kier alpha value is -2.80. The topological polar surface area (TPSA) is 75.7 Å². The molecule has 2 aromatic carbocycles. The lowest BCUT2D eigenvalue weighted by Gasteiger charge is -2.28. The van der Waals surface area contributed by atoms with Crippen LogP contribution in [0.15, 0.2) is 66.2 Å². The van der Waals surface area contributed by atoms with Crippen molar-refractivity contribution >= 4 is 21.6 Å². The first-order valence-corrected chi connectivity index (χ1v) is 12.0. The van der Waals surface area contributed by atoms with E-state index in [1.54, 1.807) is 31.2 Å². The van der Waals surface area contributed by atoms with Crippen LogP contribution in [-0.2, 0) is 14.8 Å². The van der Waals surface area contributed by atoms with E-state index in [0.29, 0.717) is 23.7 Å². The molecule has 1 N–H and O–H groups in total. The van der Waals surface area contributed by atoms with Crippen LogP contribution < -0.4 is 14.4 Å². The summed E-state index contributed by atoms with van der Waals surface area (Å²) in [5.41, 5.74) is 1.62. The summed E-state index contributed by atoms with van der Waals surface area (Å²) < 4.78 is 31.8. The summed E-state index contributed by atoms with van der Waals surface area (Å²) in [5, 5.41) is 2.88. The first kappa shape index (κ1) is 21.9. The molecule has 0 saturated heterocycles. The number of nitrogens with zero attached hydrogens (tertiary/aromatic N) is 1. The van der Waals surface area contributed by atoms with Gasteiger partial charge in [-0.1, -0.05) is 29.8 Å². The molecule has 30 heavy (non-hydrogen) atoms. The number of ether oxygens (including phenoxy) is 1. The summed E-state index contributed by atoms with van der Waals surface area (Å²) in [6, 6.07) is 15.1. The van der Waals surface area contributed by atoms with Gasteiger partial charge in [0.25, 0.3) is 0 Å². The molecular weight excluding hydrogens is 400 g/mol. The molecule has 7 heteroatoms. The highest BCUT2D eigenvalue weighted by Gasteiger charge is 2.29. The molecule has 1 atom stereocenters. The zero-order chi connectivity index (χ0) is 21.6. The van der Waals surface area contributed by atoms with Gasteiger partial charge in [-0.15, -0.1) is 0 Å². The summed E-state index contributed by atoms with van der Waals surface area (Å²) in [6.45, 7) is 2.06. The number of nitrogens with one attached hydrogen (secondary N) is 1. The molecular formula is C23H28N2O4S. The molecule has 6 nitrogen and oxygen atoms in total. The van der Waals surface area contributed by atoms with E-state index in [9.17, 15) is 13.2 Å². The predicted molar refractivity (Wildman–Crippen MR) is 119 cm³/mol. The summed E-state index contributed by atoms with van der Waals surface area (Å²) in [4.78, 5) is 12.7. The SMILES string of the molecule is C[C@H](C(=O)NCC1=CCCCC1)N(c1ccc(Oc2ccccc2)cc1)S(C)(=O)=O. The number of carbonyl (C=O) groups is 1. The molecule has 0 unspecified atom stereocenters. The molecule has 2 aromatic rings. The Morgan fingerprint density at radius 3 is 2.33 bits per heavy atom. The van der Waals surface area contributed by atoms with Crippen molar-refractivity contribution in [1.29, 1.82) is 0 Å². The number of benzene rings is 2. The van der Waals surface area contributed by atoms with Gasteiger partial charge in [-0.3, -0.25) is 9.10 Å². The van der Waals surface area contributed by atoms with Crippen molar-refractivity contribution in [2.45, 2.75) is 38.6 Å². The second-order valence-electron chi connectivity index (χ2n) is 7.47. The Bertz CT molecular complexity index is 986. The highest BCUT2D eigenvalue weighted by molar-refractivity contribution is 7.92. The number of amides is 1. The Labute approximate surface area is 178 Å². The lowest BCUT2D eigenvalue weighted by molar-refractivity contribution is -0.121. The third-order valence-electron chi connectivity index (χ3n) is 5.03. The third kappa shape index (κ3) is 5.86. The van der Waals surface area contributed by atoms with Gasteiger partial charge in [0.2, 0.25) is 15.9 Å². The van der Waals surface area contributed by atoms with Crippen molar-refractivity contribution in [2.75, 3.05) is 17.1 Å². The van der Waals surface area contributed by atoms with Gasteiger partial charge in [0.05, 0.1) is 11.9 Å². The number of allylic oxidation sites excluding steroid dienone is 1. The van der Waals surface area contributed by atoms with Crippen LogP contribution in [-0.4, -0.2) is 33.2 Å². The summed E-state index contributed by atoms with van der Waals surface area (Å²) in [5.74, 6) is 0.950. The molecule has 0 fully saturated rings. The zero-order valence-corrected chi connectivity index (χ0v) is 18.2. The van der Waals surface area contributed by atoms with Gasteiger partial charge in [0, 0.05) is 6.54 Å². The van der Waals surface area contributed by atoms with Crippen molar-refractivity contribution < 1.29 is 17.9 Å². The lowest BCUT2D eigenvalue weighted by Crippen LogP contribution is -2.48. The molecule has 160 valence electrons. The standard InChI is InChI=1S/C23H28N2O4S/c1-18(23(26)24-17-19-9-5-3-6-10-19)25(30(2,27)28)20-13-15-22(16-14-20)29-21-11-7-4-8-12-21/h4,7-9,11-16,18H,3,5-6,10,17H2,1-2H3,(H,24,26)/t18-/m1/s1. The van der Waals surface area contributed by atoms with Gasteiger partial charge >= 0.3 is 0 Å². The van der Waals surface area contributed by atoms with Crippen LogP contribution in [0.4, 0.5) is 5.69 Å². The van der Waals surface area contributed by atoms with Crippen molar-refractivity contribution in [3.8, 4) is 11.5 Å². The number of hydrogen-bond donors (Lipinski definition) is 1. The minimum Gasteiger partial charge on any atom is -0.457 e. The number of para-hydroxylation sites is 1. The van der Waals surface area contributed by atoms with Gasteiger partial charge in [0.15, 0.2) is 0 Å².